The predicted molar refractivity (Wildman–Crippen MR) is 72.1 cm³/mol. The van der Waals surface area contributed by atoms with Crippen molar-refractivity contribution in [3.63, 3.8) is 0 Å². The van der Waals surface area contributed by atoms with Gasteiger partial charge in [-0.15, -0.1) is 5.10 Å². The molecule has 0 saturated heterocycles. The Kier molecular flexibility index (Phi) is 4.39. The quantitative estimate of drug-likeness (QED) is 0.868. The Morgan fingerprint density at radius 2 is 2.37 bits per heavy atom. The Balaban J connectivity index is 2.34. The van der Waals surface area contributed by atoms with E-state index in [1.807, 2.05) is 13.0 Å². The number of aliphatic hydroxyl groups is 1. The van der Waals surface area contributed by atoms with Crippen LogP contribution in [0, 0.1) is 0 Å². The highest BCUT2D eigenvalue weighted by molar-refractivity contribution is 7.99. The van der Waals surface area contributed by atoms with Crippen molar-refractivity contribution in [2.24, 2.45) is 0 Å². The van der Waals surface area contributed by atoms with Gasteiger partial charge in [-0.25, -0.2) is 14.9 Å². The molecule has 2 aromatic heterocycles. The third kappa shape index (κ3) is 3.05. The van der Waals surface area contributed by atoms with E-state index >= 15 is 0 Å². The highest BCUT2D eigenvalue weighted by Gasteiger charge is 2.14. The highest BCUT2D eigenvalue weighted by Crippen LogP contribution is 2.29. The van der Waals surface area contributed by atoms with Crippen molar-refractivity contribution in [2.45, 2.75) is 43.1 Å². The number of aromatic amines is 1. The van der Waals surface area contributed by atoms with Crippen LogP contribution in [0.25, 0.3) is 0 Å². The van der Waals surface area contributed by atoms with Gasteiger partial charge in [-0.1, -0.05) is 13.0 Å². The maximum atomic E-state index is 11.6. The van der Waals surface area contributed by atoms with Crippen molar-refractivity contribution in [3.8, 4) is 0 Å². The van der Waals surface area contributed by atoms with Gasteiger partial charge >= 0.3 is 5.69 Å². The number of hydrogen-bond acceptors (Lipinski definition) is 5. The molecule has 0 spiro atoms. The van der Waals surface area contributed by atoms with Gasteiger partial charge in [0.2, 0.25) is 0 Å². The maximum absolute atomic E-state index is 11.6. The van der Waals surface area contributed by atoms with Crippen LogP contribution in [0.5, 0.6) is 0 Å². The van der Waals surface area contributed by atoms with Crippen LogP contribution in [0.4, 0.5) is 0 Å². The van der Waals surface area contributed by atoms with E-state index in [1.165, 1.54) is 11.8 Å². The summed E-state index contributed by atoms with van der Waals surface area (Å²) >= 11 is 1.28. The summed E-state index contributed by atoms with van der Waals surface area (Å²) in [6.45, 7) is 4.29. The van der Waals surface area contributed by atoms with E-state index in [-0.39, 0.29) is 5.69 Å². The summed E-state index contributed by atoms with van der Waals surface area (Å²) in [7, 11) is 0. The Morgan fingerprint density at radius 3 is 3.05 bits per heavy atom. The zero-order valence-electron chi connectivity index (χ0n) is 10.8. The van der Waals surface area contributed by atoms with Gasteiger partial charge in [0.25, 0.3) is 0 Å². The largest absolute Gasteiger partial charge is 0.389 e. The molecular weight excluding hydrogens is 264 g/mol. The van der Waals surface area contributed by atoms with Crippen LogP contribution in [0.3, 0.4) is 0 Å². The van der Waals surface area contributed by atoms with Gasteiger partial charge in [-0.3, -0.25) is 4.57 Å². The molecule has 0 aliphatic heterocycles. The lowest BCUT2D eigenvalue weighted by Crippen LogP contribution is -2.17. The van der Waals surface area contributed by atoms with Crippen LogP contribution in [0.15, 0.2) is 33.3 Å². The molecule has 0 amide bonds. The van der Waals surface area contributed by atoms with Gasteiger partial charge in [0.05, 0.1) is 6.10 Å². The smallest absolute Gasteiger partial charge is 0.343 e. The summed E-state index contributed by atoms with van der Waals surface area (Å²) in [5.41, 5.74) is 0.505. The lowest BCUT2D eigenvalue weighted by atomic mass is 10.2. The molecule has 102 valence electrons. The van der Waals surface area contributed by atoms with E-state index < -0.39 is 6.10 Å². The first-order valence-electron chi connectivity index (χ1n) is 6.09. The zero-order valence-corrected chi connectivity index (χ0v) is 11.6. The van der Waals surface area contributed by atoms with Crippen molar-refractivity contribution in [1.29, 1.82) is 0 Å². The molecule has 0 bridgehead atoms. The minimum Gasteiger partial charge on any atom is -0.389 e. The monoisotopic (exact) mass is 280 g/mol. The van der Waals surface area contributed by atoms with Crippen LogP contribution in [0.2, 0.25) is 0 Å². The topological polar surface area (TPSA) is 83.8 Å². The minimum absolute atomic E-state index is 0.223. The van der Waals surface area contributed by atoms with Crippen LogP contribution in [-0.2, 0) is 6.54 Å². The molecule has 0 aliphatic rings. The summed E-state index contributed by atoms with van der Waals surface area (Å²) < 4.78 is 1.57. The molecule has 7 heteroatoms. The SMILES string of the molecule is CCCn1c(Sc2ncccc2C(C)O)n[nH]c1=O. The van der Waals surface area contributed by atoms with E-state index in [0.717, 1.165) is 12.0 Å². The normalized spacial score (nSPS) is 12.6. The number of aromatic nitrogens is 4. The average Bonchev–Trinajstić information content (AvgIpc) is 2.72. The molecule has 0 radical (unpaired) electrons. The standard InChI is InChI=1S/C12H16N4O2S/c1-3-7-16-11(18)14-15-12(16)19-10-9(8(2)17)5-4-6-13-10/h4-6,8,17H,3,7H2,1-2H3,(H,14,18). The van der Waals surface area contributed by atoms with Crippen molar-refractivity contribution in [2.75, 3.05) is 0 Å². The fourth-order valence-electron chi connectivity index (χ4n) is 1.69. The van der Waals surface area contributed by atoms with Gasteiger partial charge in [0.15, 0.2) is 5.16 Å². The third-order valence-electron chi connectivity index (χ3n) is 2.61. The molecule has 2 heterocycles. The minimum atomic E-state index is -0.610. The lowest BCUT2D eigenvalue weighted by molar-refractivity contribution is 0.195. The predicted octanol–water partition coefficient (Wildman–Crippen LogP) is 1.58. The number of nitrogens with zero attached hydrogens (tertiary/aromatic N) is 3. The van der Waals surface area contributed by atoms with Crippen molar-refractivity contribution in [3.05, 3.63) is 34.4 Å². The van der Waals surface area contributed by atoms with Gasteiger partial charge in [-0.2, -0.15) is 0 Å². The molecule has 0 fully saturated rings. The Hall–Kier alpha value is -1.60. The van der Waals surface area contributed by atoms with Crippen LogP contribution < -0.4 is 5.69 Å². The van der Waals surface area contributed by atoms with Gasteiger partial charge < -0.3 is 5.11 Å². The molecule has 2 N–H and O–H groups in total. The Labute approximate surface area is 114 Å². The van der Waals surface area contributed by atoms with Gasteiger partial charge in [0.1, 0.15) is 5.03 Å². The molecular formula is C12H16N4O2S. The molecule has 2 aromatic rings. The highest BCUT2D eigenvalue weighted by atomic mass is 32.2. The number of nitrogens with one attached hydrogen (secondary N) is 1. The number of rotatable bonds is 5. The summed E-state index contributed by atoms with van der Waals surface area (Å²) in [5, 5.41) is 17.4. The number of aliphatic hydroxyl groups excluding tert-OH is 1. The van der Waals surface area contributed by atoms with Crippen molar-refractivity contribution >= 4 is 11.8 Å². The van der Waals surface area contributed by atoms with E-state index in [4.69, 9.17) is 0 Å². The van der Waals surface area contributed by atoms with Gasteiger partial charge in [-0.05, 0) is 31.2 Å². The van der Waals surface area contributed by atoms with Crippen LogP contribution >= 0.6 is 11.8 Å². The van der Waals surface area contributed by atoms with Crippen LogP contribution in [-0.4, -0.2) is 24.9 Å². The molecule has 2 rings (SSSR count). The molecule has 1 atom stereocenters. The second-order valence-electron chi connectivity index (χ2n) is 4.14. The molecule has 6 nitrogen and oxygen atoms in total. The molecule has 0 aliphatic carbocycles. The van der Waals surface area contributed by atoms with Crippen LogP contribution in [0.1, 0.15) is 31.9 Å². The Morgan fingerprint density at radius 1 is 1.58 bits per heavy atom. The average molecular weight is 280 g/mol. The second-order valence-corrected chi connectivity index (χ2v) is 5.09. The molecule has 1 unspecified atom stereocenters. The van der Waals surface area contributed by atoms with Gasteiger partial charge in [0, 0.05) is 18.3 Å². The number of H-pyrrole nitrogens is 1. The van der Waals surface area contributed by atoms with Crippen molar-refractivity contribution in [1.82, 2.24) is 19.7 Å². The summed E-state index contributed by atoms with van der Waals surface area (Å²) in [4.78, 5) is 15.8. The fourth-order valence-corrected chi connectivity index (χ4v) is 2.71. The van der Waals surface area contributed by atoms with E-state index in [2.05, 4.69) is 15.2 Å². The maximum Gasteiger partial charge on any atom is 0.343 e. The van der Waals surface area contributed by atoms with Crippen molar-refractivity contribution < 1.29 is 5.11 Å². The summed E-state index contributed by atoms with van der Waals surface area (Å²) in [5.74, 6) is 0. The first-order valence-corrected chi connectivity index (χ1v) is 6.91. The fraction of sp³-hybridized carbons (Fsp3) is 0.417. The Bertz CT molecular complexity index is 606. The molecule has 0 aromatic carbocycles. The van der Waals surface area contributed by atoms with E-state index in [9.17, 15) is 9.90 Å². The third-order valence-corrected chi connectivity index (χ3v) is 3.64. The first kappa shape index (κ1) is 13.8. The van der Waals surface area contributed by atoms with E-state index in [0.29, 0.717) is 16.7 Å². The summed E-state index contributed by atoms with van der Waals surface area (Å²) in [6.07, 6.45) is 1.89. The van der Waals surface area contributed by atoms with E-state index in [1.54, 1.807) is 23.8 Å². The molecule has 19 heavy (non-hydrogen) atoms. The molecule has 0 saturated carbocycles. The summed E-state index contributed by atoms with van der Waals surface area (Å²) in [6, 6.07) is 3.59. The lowest BCUT2D eigenvalue weighted by Gasteiger charge is -2.09. The first-order chi connectivity index (χ1) is 9.13. The second kappa shape index (κ2) is 6.03. The number of pyridine rings is 1. The zero-order chi connectivity index (χ0) is 13.8. The number of hydrogen-bond donors (Lipinski definition) is 2.